The van der Waals surface area contributed by atoms with E-state index in [4.69, 9.17) is 9.97 Å². The van der Waals surface area contributed by atoms with Crippen LogP contribution in [0.15, 0.2) is 249 Å². The van der Waals surface area contributed by atoms with Gasteiger partial charge in [0.25, 0.3) is 6.71 Å². The largest absolute Gasteiger partial charge is 0.356 e. The first-order valence-corrected chi connectivity index (χ1v) is 42.2. The van der Waals surface area contributed by atoms with Gasteiger partial charge in [0.15, 0.2) is 0 Å². The van der Waals surface area contributed by atoms with Crippen LogP contribution in [0.3, 0.4) is 0 Å². The molecule has 116 heavy (non-hydrogen) atoms. The molecule has 2 aliphatic heterocycles. The van der Waals surface area contributed by atoms with Crippen molar-refractivity contribution in [1.29, 1.82) is 0 Å². The van der Waals surface area contributed by atoms with Crippen LogP contribution in [0.5, 0.6) is 0 Å². The Kier molecular flexibility index (Phi) is 15.3. The highest BCUT2D eigenvalue weighted by Gasteiger charge is 2.40. The summed E-state index contributed by atoms with van der Waals surface area (Å²) in [6.07, 6.45) is 0. The zero-order chi connectivity index (χ0) is 80.1. The van der Waals surface area contributed by atoms with Crippen molar-refractivity contribution in [3.05, 3.63) is 282 Å². The number of nitrogens with zero attached hydrogens (tertiary/aromatic N) is 6. The van der Waals surface area contributed by atoms with Gasteiger partial charge in [0.2, 0.25) is 0 Å². The van der Waals surface area contributed by atoms with E-state index in [1.54, 1.807) is 0 Å². The number of pyridine rings is 2. The molecule has 19 aromatic rings. The summed E-state index contributed by atoms with van der Waals surface area (Å²) in [6, 6.07) is 95.6. The SMILES string of the molecule is CC(C)(C)c1cc2c3c(c1)Nc1ccc(-c4cc(-n5c6cc(C(C)(C)C)ccc6c6ccc(C(C)(C)C)cc65)cc(-n5c6cc(C(C)(C)C)ccc6c6c7c(ccc65)sc5ccccc57)n4)cc1B3c1cc(-c3cc(-n4c5ccccc5c5ccccc54)cc(-n4c5cc(C(C)(C)C)ccc5c5ccc(C(C)(C)C)cc54)n3)ccc1N2. The quantitative estimate of drug-likeness (QED) is 0.163. The first kappa shape index (κ1) is 71.8. The fourth-order valence-corrected chi connectivity index (χ4v) is 20.1. The Bertz CT molecular complexity index is 7250. The third-order valence-corrected chi connectivity index (χ3v) is 26.6. The maximum absolute atomic E-state index is 6.14. The number of rotatable bonds is 6. The molecule has 0 aliphatic carbocycles. The van der Waals surface area contributed by atoms with Gasteiger partial charge in [-0.2, -0.15) is 0 Å². The molecule has 0 fully saturated rings. The Morgan fingerprint density at radius 3 is 1.06 bits per heavy atom. The van der Waals surface area contributed by atoms with Crippen molar-refractivity contribution in [2.24, 2.45) is 0 Å². The molecule has 0 bridgehead atoms. The van der Waals surface area contributed by atoms with Crippen molar-refractivity contribution >= 4 is 165 Å². The molecule has 21 rings (SSSR count). The zero-order valence-electron chi connectivity index (χ0n) is 69.8. The number of anilines is 4. The van der Waals surface area contributed by atoms with Crippen LogP contribution in [0.4, 0.5) is 22.7 Å². The van der Waals surface area contributed by atoms with Gasteiger partial charge in [-0.05, 0) is 190 Å². The van der Waals surface area contributed by atoms with E-state index in [1.807, 2.05) is 11.3 Å². The van der Waals surface area contributed by atoms with Gasteiger partial charge in [0.05, 0.1) is 66.9 Å². The van der Waals surface area contributed by atoms with E-state index in [0.717, 1.165) is 101 Å². The van der Waals surface area contributed by atoms with Gasteiger partial charge in [0, 0.05) is 98.1 Å². The smallest absolute Gasteiger partial charge is 0.252 e. The normalized spacial score (nSPS) is 13.6. The Hall–Kier alpha value is -12.0. The second-order valence-corrected chi connectivity index (χ2v) is 40.5. The van der Waals surface area contributed by atoms with E-state index in [1.165, 1.54) is 124 Å². The van der Waals surface area contributed by atoms with Gasteiger partial charge in [-0.15, -0.1) is 11.3 Å². The topological polar surface area (TPSA) is 69.6 Å². The molecular weight excluding hydrogens is 1430 g/mol. The summed E-state index contributed by atoms with van der Waals surface area (Å²) < 4.78 is 12.6. The maximum atomic E-state index is 6.14. The molecule has 2 N–H and O–H groups in total. The highest BCUT2D eigenvalue weighted by atomic mass is 32.1. The Labute approximate surface area is 683 Å². The second-order valence-electron chi connectivity index (χ2n) is 39.4. The fraction of sp³-hybridized carbons (Fsp3) is 0.226. The molecule has 0 unspecified atom stereocenters. The molecular formula is C106H97BN8S. The molecule has 12 aromatic carbocycles. The number of nitrogens with one attached hydrogen (secondary N) is 2. The van der Waals surface area contributed by atoms with Gasteiger partial charge in [-0.1, -0.05) is 264 Å². The average molecular weight is 1530 g/mol. The number of aromatic nitrogens is 6. The minimum Gasteiger partial charge on any atom is -0.356 e. The van der Waals surface area contributed by atoms with Crippen LogP contribution in [0.1, 0.15) is 158 Å². The summed E-state index contributed by atoms with van der Waals surface area (Å²) >= 11 is 1.88. The molecule has 0 spiro atoms. The molecule has 0 saturated heterocycles. The Morgan fingerprint density at radius 1 is 0.267 bits per heavy atom. The molecule has 7 aromatic heterocycles. The summed E-state index contributed by atoms with van der Waals surface area (Å²) in [4.78, 5) is 12.2. The fourth-order valence-electron chi connectivity index (χ4n) is 19.0. The summed E-state index contributed by atoms with van der Waals surface area (Å²) in [5.74, 6) is 1.71. The van der Waals surface area contributed by atoms with Gasteiger partial charge >= 0.3 is 0 Å². The third kappa shape index (κ3) is 11.2. The Morgan fingerprint density at radius 2 is 0.629 bits per heavy atom. The summed E-state index contributed by atoms with van der Waals surface area (Å²) in [5, 5.41) is 20.5. The van der Waals surface area contributed by atoms with Crippen molar-refractivity contribution < 1.29 is 0 Å². The van der Waals surface area contributed by atoms with Crippen LogP contribution in [0.25, 0.3) is 153 Å². The van der Waals surface area contributed by atoms with E-state index < -0.39 is 0 Å². The van der Waals surface area contributed by atoms with Crippen molar-refractivity contribution in [3.63, 3.8) is 0 Å². The van der Waals surface area contributed by atoms with Gasteiger partial charge < -0.3 is 19.8 Å². The van der Waals surface area contributed by atoms with Crippen molar-refractivity contribution in [3.8, 4) is 45.5 Å². The lowest BCUT2D eigenvalue weighted by molar-refractivity contribution is 0.590. The van der Waals surface area contributed by atoms with Crippen molar-refractivity contribution in [2.45, 2.75) is 157 Å². The molecule has 0 radical (unpaired) electrons. The van der Waals surface area contributed by atoms with Crippen LogP contribution in [-0.2, 0) is 32.5 Å². The van der Waals surface area contributed by atoms with Crippen LogP contribution < -0.4 is 27.0 Å². The first-order chi connectivity index (χ1) is 55.2. The van der Waals surface area contributed by atoms with Crippen LogP contribution in [0.2, 0.25) is 0 Å². The number of benzene rings is 12. The molecule has 0 atom stereocenters. The molecule has 9 heterocycles. The standard InChI is InChI=1S/C106H97BN8S/c1-101(2,3)62-33-38-72-73-39-34-63(102(4,5)6)52-90(73)113(89(72)51-62)69-57-83(110-96(59-69)114-88-45-46-95-99(77-27-21-24-30-94(77)116-95)98(88)76-42-37-66(55-93(76)114)105(13,14)15)61-32-44-81-79(48-61)107-78-47-60(31-43-80(78)108-84-49-67(106(16,17)18)50-85(109-81)100(84)107)82-56-68(112-86-28-22-19-25-70(86)71-26-20-23-29-87(71)112)58-97(111-82)115-91-53-64(103(7,8)9)35-40-74(91)75-41-36-65(54-92(75)115)104(10,11)12/h19-59,108-109H,1-18H3. The lowest BCUT2D eigenvalue weighted by Gasteiger charge is -2.37. The Balaban J connectivity index is 0.824. The van der Waals surface area contributed by atoms with E-state index >= 15 is 0 Å². The second kappa shape index (κ2) is 24.8. The van der Waals surface area contributed by atoms with E-state index in [2.05, 4.69) is 402 Å². The lowest BCUT2D eigenvalue weighted by Crippen LogP contribution is -2.59. The zero-order valence-corrected chi connectivity index (χ0v) is 70.7. The molecule has 2 aliphatic rings. The monoisotopic (exact) mass is 1520 g/mol. The van der Waals surface area contributed by atoms with E-state index in [-0.39, 0.29) is 39.2 Å². The summed E-state index contributed by atoms with van der Waals surface area (Å²) in [7, 11) is 0. The number of hydrogen-bond acceptors (Lipinski definition) is 5. The molecule has 10 heteroatoms. The lowest BCUT2D eigenvalue weighted by atomic mass is 9.33. The highest BCUT2D eigenvalue weighted by molar-refractivity contribution is 7.26. The molecule has 0 saturated carbocycles. The maximum Gasteiger partial charge on any atom is 0.252 e. The van der Waals surface area contributed by atoms with Crippen LogP contribution >= 0.6 is 11.3 Å². The van der Waals surface area contributed by atoms with Gasteiger partial charge in [-0.25, -0.2) is 9.97 Å². The highest BCUT2D eigenvalue weighted by Crippen LogP contribution is 2.48. The number of thiophene rings is 1. The first-order valence-electron chi connectivity index (χ1n) is 41.4. The molecule has 0 amide bonds. The minimum absolute atomic E-state index is 0.101. The number of para-hydroxylation sites is 2. The van der Waals surface area contributed by atoms with Gasteiger partial charge in [0.1, 0.15) is 11.6 Å². The van der Waals surface area contributed by atoms with Crippen molar-refractivity contribution in [2.75, 3.05) is 10.6 Å². The average Bonchev–Trinajstić information content (AvgIpc) is 1.26. The summed E-state index contributed by atoms with van der Waals surface area (Å²) in [5.41, 5.74) is 29.9. The molecule has 570 valence electrons. The minimum atomic E-state index is -0.215. The van der Waals surface area contributed by atoms with Crippen molar-refractivity contribution in [1.82, 2.24) is 28.2 Å². The van der Waals surface area contributed by atoms with E-state index in [0.29, 0.717) is 0 Å². The summed E-state index contributed by atoms with van der Waals surface area (Å²) in [6.45, 7) is 41.6. The predicted molar refractivity (Wildman–Crippen MR) is 499 cm³/mol. The van der Waals surface area contributed by atoms with Gasteiger partial charge in [-0.3, -0.25) is 9.13 Å². The third-order valence-electron chi connectivity index (χ3n) is 25.5. The number of fused-ring (bicyclic) bond motifs is 20. The molecule has 8 nitrogen and oxygen atoms in total. The van der Waals surface area contributed by atoms with Crippen LogP contribution in [0, 0.1) is 0 Å². The predicted octanol–water partition coefficient (Wildman–Crippen LogP) is 27.0. The van der Waals surface area contributed by atoms with E-state index in [9.17, 15) is 0 Å². The number of hydrogen-bond donors (Lipinski definition) is 2. The van der Waals surface area contributed by atoms with Crippen LogP contribution in [-0.4, -0.2) is 34.9 Å².